The van der Waals surface area contributed by atoms with Gasteiger partial charge in [0.1, 0.15) is 17.2 Å². The van der Waals surface area contributed by atoms with Crippen molar-refractivity contribution < 1.29 is 15.3 Å². The van der Waals surface area contributed by atoms with E-state index in [0.29, 0.717) is 29.1 Å². The molecule has 0 heterocycles. The molecule has 1 atom stereocenters. The van der Waals surface area contributed by atoms with Gasteiger partial charge in [0.25, 0.3) is 0 Å². The molecule has 0 radical (unpaired) electrons. The van der Waals surface area contributed by atoms with Crippen molar-refractivity contribution in [3.63, 3.8) is 0 Å². The van der Waals surface area contributed by atoms with Crippen molar-refractivity contribution in [2.24, 2.45) is 5.92 Å². The maximum Gasteiger partial charge on any atom is 0.121 e. The van der Waals surface area contributed by atoms with Gasteiger partial charge in [0.2, 0.25) is 0 Å². The van der Waals surface area contributed by atoms with Crippen molar-refractivity contribution in [1.29, 1.82) is 0 Å². The minimum absolute atomic E-state index is 0.143. The van der Waals surface area contributed by atoms with Gasteiger partial charge >= 0.3 is 0 Å². The van der Waals surface area contributed by atoms with Gasteiger partial charge in [0.15, 0.2) is 0 Å². The van der Waals surface area contributed by atoms with E-state index in [4.69, 9.17) is 0 Å². The van der Waals surface area contributed by atoms with Crippen LogP contribution < -0.4 is 0 Å². The van der Waals surface area contributed by atoms with Crippen molar-refractivity contribution in [3.8, 4) is 17.2 Å². The molecule has 3 aromatic rings. The Labute approximate surface area is 204 Å². The van der Waals surface area contributed by atoms with Crippen molar-refractivity contribution in [2.45, 2.75) is 78.1 Å². The molecule has 1 fully saturated rings. The Morgan fingerprint density at radius 1 is 0.735 bits per heavy atom. The van der Waals surface area contributed by atoms with Gasteiger partial charge in [-0.3, -0.25) is 0 Å². The van der Waals surface area contributed by atoms with Crippen LogP contribution in [0.3, 0.4) is 0 Å². The fourth-order valence-corrected chi connectivity index (χ4v) is 6.31. The summed E-state index contributed by atoms with van der Waals surface area (Å²) in [6, 6.07) is 16.4. The number of benzene rings is 3. The molecule has 180 valence electrons. The first-order chi connectivity index (χ1) is 16.2. The summed E-state index contributed by atoms with van der Waals surface area (Å²) in [7, 11) is 0. The second-order valence-electron chi connectivity index (χ2n) is 10.4. The summed E-state index contributed by atoms with van der Waals surface area (Å²) in [4.78, 5) is 0. The van der Waals surface area contributed by atoms with Gasteiger partial charge in [0.05, 0.1) is 0 Å². The summed E-state index contributed by atoms with van der Waals surface area (Å²) in [5, 5.41) is 30.6. The lowest BCUT2D eigenvalue weighted by molar-refractivity contribution is 0.231. The van der Waals surface area contributed by atoms with E-state index in [2.05, 4.69) is 43.3 Å². The van der Waals surface area contributed by atoms with Crippen LogP contribution in [0.1, 0.15) is 83.9 Å². The predicted octanol–water partition coefficient (Wildman–Crippen LogP) is 7.71. The summed E-state index contributed by atoms with van der Waals surface area (Å²) >= 11 is 0. The highest BCUT2D eigenvalue weighted by molar-refractivity contribution is 5.52. The highest BCUT2D eigenvalue weighted by Crippen LogP contribution is 2.51. The van der Waals surface area contributed by atoms with Gasteiger partial charge in [-0.2, -0.15) is 0 Å². The Morgan fingerprint density at radius 3 is 1.53 bits per heavy atom. The standard InChI is InChI=1S/C31H38O3/c1-6-28(23-7-9-27(32)10-8-23)24-11-13-31(14-12-24,25-15-19(2)29(33)20(3)16-25)26-17-21(4)30(34)22(5)18-26/h7-10,15-18,24,28,32-34H,6,11-14H2,1-5H3. The van der Waals surface area contributed by atoms with Gasteiger partial charge in [-0.15, -0.1) is 0 Å². The lowest BCUT2D eigenvalue weighted by atomic mass is 9.60. The van der Waals surface area contributed by atoms with E-state index < -0.39 is 0 Å². The van der Waals surface area contributed by atoms with E-state index in [-0.39, 0.29) is 5.41 Å². The van der Waals surface area contributed by atoms with Crippen LogP contribution in [-0.4, -0.2) is 15.3 Å². The first-order valence-electron chi connectivity index (χ1n) is 12.6. The van der Waals surface area contributed by atoms with E-state index in [1.54, 1.807) is 12.1 Å². The maximum absolute atomic E-state index is 10.4. The first-order valence-corrected chi connectivity index (χ1v) is 12.6. The molecule has 3 nitrogen and oxygen atoms in total. The Morgan fingerprint density at radius 2 is 1.15 bits per heavy atom. The summed E-state index contributed by atoms with van der Waals surface area (Å²) < 4.78 is 0. The predicted molar refractivity (Wildman–Crippen MR) is 139 cm³/mol. The zero-order valence-corrected chi connectivity index (χ0v) is 21.2. The lowest BCUT2D eigenvalue weighted by Crippen LogP contribution is -2.35. The molecule has 4 rings (SSSR count). The van der Waals surface area contributed by atoms with Crippen LogP contribution in [0.25, 0.3) is 0 Å². The van der Waals surface area contributed by atoms with E-state index in [9.17, 15) is 15.3 Å². The van der Waals surface area contributed by atoms with Crippen LogP contribution in [0.15, 0.2) is 48.5 Å². The molecule has 34 heavy (non-hydrogen) atoms. The molecule has 1 unspecified atom stereocenters. The maximum atomic E-state index is 10.4. The molecule has 0 aliphatic heterocycles. The number of hydrogen-bond donors (Lipinski definition) is 3. The molecule has 3 heteroatoms. The van der Waals surface area contributed by atoms with E-state index >= 15 is 0 Å². The van der Waals surface area contributed by atoms with Crippen molar-refractivity contribution in [2.75, 3.05) is 0 Å². The highest BCUT2D eigenvalue weighted by Gasteiger charge is 2.41. The number of phenols is 3. The fourth-order valence-electron chi connectivity index (χ4n) is 6.31. The summed E-state index contributed by atoms with van der Waals surface area (Å²) in [5.41, 5.74) is 7.36. The van der Waals surface area contributed by atoms with Crippen molar-refractivity contribution in [1.82, 2.24) is 0 Å². The summed E-state index contributed by atoms with van der Waals surface area (Å²) in [6.07, 6.45) is 5.35. The van der Waals surface area contributed by atoms with Crippen LogP contribution in [0.2, 0.25) is 0 Å². The van der Waals surface area contributed by atoms with Crippen molar-refractivity contribution in [3.05, 3.63) is 87.5 Å². The topological polar surface area (TPSA) is 60.7 Å². The third-order valence-electron chi connectivity index (χ3n) is 8.30. The van der Waals surface area contributed by atoms with Gasteiger partial charge in [-0.25, -0.2) is 0 Å². The molecule has 0 amide bonds. The quantitative estimate of drug-likeness (QED) is 0.367. The highest BCUT2D eigenvalue weighted by atomic mass is 16.3. The number of aromatic hydroxyl groups is 3. The first kappa shape index (κ1) is 24.2. The molecule has 1 saturated carbocycles. The molecule has 3 aromatic carbocycles. The van der Waals surface area contributed by atoms with Crippen LogP contribution in [-0.2, 0) is 5.41 Å². The zero-order valence-electron chi connectivity index (χ0n) is 21.2. The number of aryl methyl sites for hydroxylation is 4. The number of rotatable bonds is 5. The Bertz CT molecular complexity index is 1060. The molecular weight excluding hydrogens is 420 g/mol. The largest absolute Gasteiger partial charge is 0.508 e. The fraction of sp³-hybridized carbons (Fsp3) is 0.419. The summed E-state index contributed by atoms with van der Waals surface area (Å²) in [6.45, 7) is 10.2. The van der Waals surface area contributed by atoms with Gasteiger partial charge in [-0.1, -0.05) is 43.3 Å². The van der Waals surface area contributed by atoms with E-state index in [0.717, 1.165) is 54.4 Å². The van der Waals surface area contributed by atoms with E-state index in [1.807, 2.05) is 27.7 Å². The van der Waals surface area contributed by atoms with Crippen LogP contribution in [0.4, 0.5) is 0 Å². The van der Waals surface area contributed by atoms with Crippen LogP contribution >= 0.6 is 0 Å². The van der Waals surface area contributed by atoms with Crippen LogP contribution in [0.5, 0.6) is 17.2 Å². The molecule has 0 spiro atoms. The Hall–Kier alpha value is -2.94. The molecular formula is C31H38O3. The second-order valence-corrected chi connectivity index (χ2v) is 10.4. The Kier molecular flexibility index (Phi) is 6.66. The third-order valence-corrected chi connectivity index (χ3v) is 8.30. The smallest absolute Gasteiger partial charge is 0.121 e. The van der Waals surface area contributed by atoms with Crippen molar-refractivity contribution >= 4 is 0 Å². The zero-order chi connectivity index (χ0) is 24.6. The molecule has 0 bridgehead atoms. The molecule has 0 saturated heterocycles. The van der Waals surface area contributed by atoms with Gasteiger partial charge < -0.3 is 15.3 Å². The van der Waals surface area contributed by atoms with Gasteiger partial charge in [-0.05, 0) is 123 Å². The van der Waals surface area contributed by atoms with E-state index in [1.165, 1.54) is 16.7 Å². The van der Waals surface area contributed by atoms with Gasteiger partial charge in [0, 0.05) is 5.41 Å². The monoisotopic (exact) mass is 458 g/mol. The molecule has 1 aliphatic rings. The molecule has 3 N–H and O–H groups in total. The molecule has 1 aliphatic carbocycles. The normalized spacial score (nSPS) is 17.0. The van der Waals surface area contributed by atoms with Crippen LogP contribution in [0, 0.1) is 33.6 Å². The minimum atomic E-state index is -0.143. The number of phenolic OH excluding ortho intramolecular Hbond substituents is 3. The third kappa shape index (κ3) is 4.29. The minimum Gasteiger partial charge on any atom is -0.508 e. The average molecular weight is 459 g/mol. The lowest BCUT2D eigenvalue weighted by Gasteiger charge is -2.44. The summed E-state index contributed by atoms with van der Waals surface area (Å²) in [5.74, 6) is 2.14. The Balaban J connectivity index is 1.75. The second kappa shape index (κ2) is 9.37. The number of hydrogen-bond acceptors (Lipinski definition) is 3. The average Bonchev–Trinajstić information content (AvgIpc) is 2.82. The molecule has 0 aromatic heterocycles. The SMILES string of the molecule is CCC(c1ccc(O)cc1)C1CCC(c2cc(C)c(O)c(C)c2)(c2cc(C)c(O)c(C)c2)CC1.